The number of carbonyl (C=O) groups excluding carboxylic acids is 2. The number of nitrogens with zero attached hydrogens (tertiary/aromatic N) is 1. The van der Waals surface area contributed by atoms with Crippen LogP contribution in [-0.2, 0) is 18.9 Å². The molecule has 1 aliphatic heterocycles. The lowest BCUT2D eigenvalue weighted by atomic mass is 9.88. The molecule has 1 atom stereocenters. The van der Waals surface area contributed by atoms with Crippen LogP contribution >= 0.6 is 0 Å². The van der Waals surface area contributed by atoms with E-state index in [0.717, 1.165) is 16.8 Å². The van der Waals surface area contributed by atoms with Crippen molar-refractivity contribution in [2.75, 3.05) is 51.1 Å². The highest BCUT2D eigenvalue weighted by molar-refractivity contribution is 5.90. The quantitative estimate of drug-likeness (QED) is 0.312. The fourth-order valence-corrected chi connectivity index (χ4v) is 3.75. The average Bonchev–Trinajstić information content (AvgIpc) is 2.82. The highest BCUT2D eigenvalue weighted by Crippen LogP contribution is 2.35. The molecule has 8 heteroatoms. The number of alkyl carbamates (subject to hydrolysis) is 1. The number of amides is 2. The monoisotopic (exact) mass is 472 g/mol. The average molecular weight is 473 g/mol. The Morgan fingerprint density at radius 1 is 1.06 bits per heavy atom. The third-order valence-electron chi connectivity index (χ3n) is 5.76. The van der Waals surface area contributed by atoms with Gasteiger partial charge in [-0.05, 0) is 30.5 Å². The molecular formula is C26H36N2O6. The van der Waals surface area contributed by atoms with E-state index in [1.165, 1.54) is 11.0 Å². The van der Waals surface area contributed by atoms with Crippen LogP contribution in [0.1, 0.15) is 30.5 Å². The van der Waals surface area contributed by atoms with Crippen LogP contribution in [0.2, 0.25) is 0 Å². The molecule has 0 radical (unpaired) electrons. The molecular weight excluding hydrogens is 436 g/mol. The number of fused-ring (bicyclic) bond motifs is 2. The number of rotatable bonds is 14. The van der Waals surface area contributed by atoms with E-state index in [-0.39, 0.29) is 19.8 Å². The first kappa shape index (κ1) is 27.1. The number of anilines is 1. The molecule has 1 unspecified atom stereocenters. The van der Waals surface area contributed by atoms with Crippen LogP contribution in [-0.4, -0.2) is 58.4 Å². The van der Waals surface area contributed by atoms with Crippen LogP contribution in [0.3, 0.4) is 0 Å². The van der Waals surface area contributed by atoms with Gasteiger partial charge in [-0.3, -0.25) is 4.90 Å². The molecule has 1 aromatic rings. The van der Waals surface area contributed by atoms with Gasteiger partial charge in [-0.15, -0.1) is 13.2 Å². The molecule has 0 spiro atoms. The van der Waals surface area contributed by atoms with E-state index in [1.807, 2.05) is 32.0 Å². The van der Waals surface area contributed by atoms with Gasteiger partial charge < -0.3 is 24.3 Å². The van der Waals surface area contributed by atoms with Gasteiger partial charge in [0.15, 0.2) is 0 Å². The third kappa shape index (κ3) is 7.20. The molecule has 1 heterocycles. The van der Waals surface area contributed by atoms with Gasteiger partial charge in [-0.25, -0.2) is 9.59 Å². The smallest absolute Gasteiger partial charge is 0.414 e. The van der Waals surface area contributed by atoms with Gasteiger partial charge in [-0.2, -0.15) is 0 Å². The molecule has 0 aromatic heterocycles. The number of nitrogens with one attached hydrogen (secondary N) is 1. The number of hydrogen-bond acceptors (Lipinski definition) is 6. The number of hydrogen-bond donors (Lipinski definition) is 1. The Morgan fingerprint density at radius 2 is 1.71 bits per heavy atom. The second-order valence-corrected chi connectivity index (χ2v) is 8.20. The van der Waals surface area contributed by atoms with E-state index in [0.29, 0.717) is 32.8 Å². The zero-order valence-corrected chi connectivity index (χ0v) is 20.2. The minimum atomic E-state index is -0.575. The van der Waals surface area contributed by atoms with Gasteiger partial charge in [0.2, 0.25) is 0 Å². The summed E-state index contributed by atoms with van der Waals surface area (Å²) >= 11 is 0. The Kier molecular flexibility index (Phi) is 10.8. The molecule has 0 fully saturated rings. The zero-order valence-electron chi connectivity index (χ0n) is 20.2. The fourth-order valence-electron chi connectivity index (χ4n) is 3.75. The van der Waals surface area contributed by atoms with Crippen LogP contribution < -0.4 is 10.2 Å². The summed E-state index contributed by atoms with van der Waals surface area (Å²) in [6.45, 7) is 16.8. The maximum Gasteiger partial charge on any atom is 0.414 e. The maximum atomic E-state index is 13.2. The number of benzene rings is 1. The minimum Gasteiger partial charge on any atom is -0.448 e. The first-order chi connectivity index (χ1) is 16.4. The van der Waals surface area contributed by atoms with E-state index in [9.17, 15) is 9.59 Å². The summed E-state index contributed by atoms with van der Waals surface area (Å²) in [4.78, 5) is 26.9. The Hall–Kier alpha value is -3.10. The van der Waals surface area contributed by atoms with Crippen LogP contribution in [0.15, 0.2) is 56.2 Å². The van der Waals surface area contributed by atoms with Crippen molar-refractivity contribution in [2.24, 2.45) is 5.41 Å². The predicted octanol–water partition coefficient (Wildman–Crippen LogP) is 4.71. The fraction of sp³-hybridized carbons (Fsp3) is 0.462. The summed E-state index contributed by atoms with van der Waals surface area (Å²) in [5.74, 6) is 0. The molecule has 34 heavy (non-hydrogen) atoms. The molecule has 186 valence electrons. The Labute approximate surface area is 202 Å². The topological polar surface area (TPSA) is 86.3 Å². The van der Waals surface area contributed by atoms with Crippen LogP contribution in [0.4, 0.5) is 15.3 Å². The van der Waals surface area contributed by atoms with Crippen molar-refractivity contribution < 1.29 is 28.5 Å². The van der Waals surface area contributed by atoms with Gasteiger partial charge in [-0.1, -0.05) is 43.9 Å². The van der Waals surface area contributed by atoms with E-state index in [1.54, 1.807) is 12.2 Å². The SMILES string of the molecule is C=CCOCC(CC)(COCC=C)COC(=O)N1CC(NC(=O)OCC=C)c2cccc1c2C. The second-order valence-electron chi connectivity index (χ2n) is 8.20. The Bertz CT molecular complexity index is 855. The van der Waals surface area contributed by atoms with Gasteiger partial charge in [0, 0.05) is 0 Å². The van der Waals surface area contributed by atoms with Crippen LogP contribution in [0.5, 0.6) is 0 Å². The van der Waals surface area contributed by atoms with Crippen molar-refractivity contribution >= 4 is 17.9 Å². The van der Waals surface area contributed by atoms with Crippen molar-refractivity contribution in [1.82, 2.24) is 5.32 Å². The van der Waals surface area contributed by atoms with E-state index in [2.05, 4.69) is 25.1 Å². The molecule has 1 aliphatic rings. The van der Waals surface area contributed by atoms with E-state index < -0.39 is 23.6 Å². The molecule has 0 saturated heterocycles. The van der Waals surface area contributed by atoms with Gasteiger partial charge in [0.1, 0.15) is 13.2 Å². The van der Waals surface area contributed by atoms with Crippen molar-refractivity contribution in [1.29, 1.82) is 0 Å². The minimum absolute atomic E-state index is 0.101. The standard InChI is InChI=1S/C26H36N2O6/c1-6-13-31-17-26(9-4,18-32-14-7-2)19-34-25(30)28-16-22(27-24(29)33-15-8-3)21-11-10-12-23(28)20(21)5/h6-8,10-12,22H,1-3,9,13-19H2,4-5H3,(H,27,29). The van der Waals surface area contributed by atoms with E-state index in [4.69, 9.17) is 18.9 Å². The van der Waals surface area contributed by atoms with Crippen molar-refractivity contribution in [2.45, 2.75) is 26.3 Å². The van der Waals surface area contributed by atoms with Gasteiger partial charge >= 0.3 is 12.2 Å². The lowest BCUT2D eigenvalue weighted by Gasteiger charge is -2.36. The van der Waals surface area contributed by atoms with Gasteiger partial charge in [0.25, 0.3) is 0 Å². The highest BCUT2D eigenvalue weighted by atomic mass is 16.6. The molecule has 2 amide bonds. The summed E-state index contributed by atoms with van der Waals surface area (Å²) in [6, 6.07) is 5.21. The lowest BCUT2D eigenvalue weighted by Crippen LogP contribution is -2.46. The number of ether oxygens (including phenoxy) is 4. The van der Waals surface area contributed by atoms with Crippen molar-refractivity contribution in [3.63, 3.8) is 0 Å². The summed E-state index contributed by atoms with van der Waals surface area (Å²) in [5, 5.41) is 2.82. The van der Waals surface area contributed by atoms with Crippen molar-refractivity contribution in [3.8, 4) is 0 Å². The zero-order chi connectivity index (χ0) is 25.0. The van der Waals surface area contributed by atoms with Crippen molar-refractivity contribution in [3.05, 3.63) is 67.3 Å². The second kappa shape index (κ2) is 13.6. The summed E-state index contributed by atoms with van der Waals surface area (Å²) in [6.07, 6.45) is 4.45. The Balaban J connectivity index is 2.14. The first-order valence-electron chi connectivity index (χ1n) is 11.4. The summed E-state index contributed by atoms with van der Waals surface area (Å²) < 4.78 is 22.2. The Morgan fingerprint density at radius 3 is 2.29 bits per heavy atom. The molecule has 2 bridgehead atoms. The van der Waals surface area contributed by atoms with E-state index >= 15 is 0 Å². The normalized spacial score (nSPS) is 14.8. The molecule has 8 nitrogen and oxygen atoms in total. The molecule has 1 aromatic carbocycles. The van der Waals surface area contributed by atoms with Gasteiger partial charge in [0.05, 0.1) is 50.1 Å². The molecule has 0 saturated carbocycles. The largest absolute Gasteiger partial charge is 0.448 e. The number of carbonyl (C=O) groups is 2. The predicted molar refractivity (Wildman–Crippen MR) is 132 cm³/mol. The highest BCUT2D eigenvalue weighted by Gasteiger charge is 2.35. The third-order valence-corrected chi connectivity index (χ3v) is 5.76. The molecule has 2 rings (SSSR count). The summed E-state index contributed by atoms with van der Waals surface area (Å²) in [5.41, 5.74) is 2.05. The molecule has 1 N–H and O–H groups in total. The molecule has 0 aliphatic carbocycles. The lowest BCUT2D eigenvalue weighted by molar-refractivity contribution is -0.0452. The van der Waals surface area contributed by atoms with Crippen LogP contribution in [0.25, 0.3) is 0 Å². The van der Waals surface area contributed by atoms with Crippen LogP contribution in [0, 0.1) is 12.3 Å². The summed E-state index contributed by atoms with van der Waals surface area (Å²) in [7, 11) is 0. The maximum absolute atomic E-state index is 13.2. The first-order valence-corrected chi connectivity index (χ1v) is 11.4.